The summed E-state index contributed by atoms with van der Waals surface area (Å²) in [4.78, 5) is 0.234. The molecule has 0 aliphatic heterocycles. The average Bonchev–Trinajstić information content (AvgIpc) is 2.79. The summed E-state index contributed by atoms with van der Waals surface area (Å²) in [7, 11) is -3.50. The van der Waals surface area contributed by atoms with Gasteiger partial charge in [-0.05, 0) is 38.2 Å². The van der Waals surface area contributed by atoms with Crippen molar-refractivity contribution in [1.29, 1.82) is 0 Å². The lowest BCUT2D eigenvalue weighted by Gasteiger charge is -2.38. The number of sulfonamides is 1. The molecule has 0 atom stereocenters. The molecule has 0 saturated heterocycles. The second-order valence-electron chi connectivity index (χ2n) is 6.32. The minimum atomic E-state index is -3.50. The Morgan fingerprint density at radius 2 is 2.10 bits per heavy atom. The standard InChI is InChI=1S/C14H24N2O3S/c1-11(2)16-8-13(7-12(16)9-17)20(18,19)15-10-14(3)5-4-6-14/h7-8,11,15,17H,4-6,9-10H2,1-3H3. The number of hydrogen-bond donors (Lipinski definition) is 2. The number of rotatable bonds is 6. The van der Waals surface area contributed by atoms with Gasteiger partial charge in [-0.25, -0.2) is 13.1 Å². The molecule has 0 amide bonds. The fourth-order valence-corrected chi connectivity index (χ4v) is 3.81. The predicted molar refractivity (Wildman–Crippen MR) is 77.9 cm³/mol. The van der Waals surface area contributed by atoms with Crippen LogP contribution in [0.1, 0.15) is 51.8 Å². The van der Waals surface area contributed by atoms with E-state index in [9.17, 15) is 13.5 Å². The van der Waals surface area contributed by atoms with Gasteiger partial charge in [0.05, 0.1) is 11.5 Å². The number of aliphatic hydroxyl groups excluding tert-OH is 1. The number of nitrogens with one attached hydrogen (secondary N) is 1. The first-order valence-corrected chi connectivity index (χ1v) is 8.57. The van der Waals surface area contributed by atoms with Crippen molar-refractivity contribution >= 4 is 10.0 Å². The van der Waals surface area contributed by atoms with E-state index in [2.05, 4.69) is 11.6 Å². The second-order valence-corrected chi connectivity index (χ2v) is 8.08. The summed E-state index contributed by atoms with van der Waals surface area (Å²) < 4.78 is 29.1. The zero-order valence-corrected chi connectivity index (χ0v) is 13.2. The highest BCUT2D eigenvalue weighted by atomic mass is 32.2. The summed E-state index contributed by atoms with van der Waals surface area (Å²) in [6.45, 7) is 6.34. The first-order chi connectivity index (χ1) is 9.27. The Morgan fingerprint density at radius 1 is 1.45 bits per heavy atom. The molecule has 1 fully saturated rings. The second kappa shape index (κ2) is 5.50. The van der Waals surface area contributed by atoms with E-state index >= 15 is 0 Å². The van der Waals surface area contributed by atoms with Crippen molar-refractivity contribution in [1.82, 2.24) is 9.29 Å². The Morgan fingerprint density at radius 3 is 2.50 bits per heavy atom. The minimum Gasteiger partial charge on any atom is -0.390 e. The van der Waals surface area contributed by atoms with Crippen LogP contribution in [-0.2, 0) is 16.6 Å². The number of aromatic nitrogens is 1. The van der Waals surface area contributed by atoms with Gasteiger partial charge in [0.1, 0.15) is 0 Å². The summed E-state index contributed by atoms with van der Waals surface area (Å²) in [6, 6.07) is 1.66. The maximum atomic E-state index is 12.3. The number of aliphatic hydroxyl groups is 1. The molecule has 0 unspecified atom stereocenters. The third-order valence-corrected chi connectivity index (χ3v) is 5.55. The monoisotopic (exact) mass is 300 g/mol. The summed E-state index contributed by atoms with van der Waals surface area (Å²) in [5.74, 6) is 0. The van der Waals surface area contributed by atoms with E-state index in [0.717, 1.165) is 12.8 Å². The molecular weight excluding hydrogens is 276 g/mol. The molecule has 0 spiro atoms. The van der Waals surface area contributed by atoms with Crippen LogP contribution in [0, 0.1) is 5.41 Å². The van der Waals surface area contributed by atoms with Crippen molar-refractivity contribution < 1.29 is 13.5 Å². The van der Waals surface area contributed by atoms with E-state index < -0.39 is 10.0 Å². The topological polar surface area (TPSA) is 71.3 Å². The van der Waals surface area contributed by atoms with Gasteiger partial charge in [0.2, 0.25) is 10.0 Å². The molecule has 114 valence electrons. The zero-order chi connectivity index (χ0) is 15.0. The zero-order valence-electron chi connectivity index (χ0n) is 12.4. The van der Waals surface area contributed by atoms with Gasteiger partial charge in [-0.2, -0.15) is 0 Å². The van der Waals surface area contributed by atoms with Gasteiger partial charge in [-0.15, -0.1) is 0 Å². The summed E-state index contributed by atoms with van der Waals surface area (Å²) in [5, 5.41) is 9.32. The largest absolute Gasteiger partial charge is 0.390 e. The molecule has 20 heavy (non-hydrogen) atoms. The molecule has 2 N–H and O–H groups in total. The summed E-state index contributed by atoms with van der Waals surface area (Å²) in [6.07, 6.45) is 4.92. The van der Waals surface area contributed by atoms with Crippen LogP contribution in [0.5, 0.6) is 0 Å². The predicted octanol–water partition coefficient (Wildman–Crippen LogP) is 2.03. The fourth-order valence-electron chi connectivity index (χ4n) is 2.56. The molecule has 1 aromatic heterocycles. The molecule has 5 nitrogen and oxygen atoms in total. The van der Waals surface area contributed by atoms with Crippen molar-refractivity contribution in [2.75, 3.05) is 6.54 Å². The van der Waals surface area contributed by atoms with E-state index in [-0.39, 0.29) is 23.0 Å². The molecule has 0 bridgehead atoms. The Balaban J connectivity index is 2.16. The van der Waals surface area contributed by atoms with Crippen LogP contribution in [0.15, 0.2) is 17.2 Å². The fraction of sp³-hybridized carbons (Fsp3) is 0.714. The quantitative estimate of drug-likeness (QED) is 0.844. The summed E-state index contributed by atoms with van der Waals surface area (Å²) in [5.41, 5.74) is 0.725. The normalized spacial score (nSPS) is 18.2. The van der Waals surface area contributed by atoms with Gasteiger partial charge < -0.3 is 9.67 Å². The maximum Gasteiger partial charge on any atom is 0.242 e. The van der Waals surface area contributed by atoms with Crippen molar-refractivity contribution in [2.24, 2.45) is 5.41 Å². The SMILES string of the molecule is CC(C)n1cc(S(=O)(=O)NCC2(C)CCC2)cc1CO. The molecule has 1 saturated carbocycles. The summed E-state index contributed by atoms with van der Waals surface area (Å²) >= 11 is 0. The van der Waals surface area contributed by atoms with Crippen LogP contribution in [0.2, 0.25) is 0 Å². The smallest absolute Gasteiger partial charge is 0.242 e. The van der Waals surface area contributed by atoms with Crippen molar-refractivity contribution in [2.45, 2.75) is 57.6 Å². The van der Waals surface area contributed by atoms with Crippen molar-refractivity contribution in [3.63, 3.8) is 0 Å². The van der Waals surface area contributed by atoms with Crippen LogP contribution < -0.4 is 4.72 Å². The number of nitrogens with zero attached hydrogens (tertiary/aromatic N) is 1. The third kappa shape index (κ3) is 3.07. The molecule has 1 aromatic rings. The molecule has 6 heteroatoms. The van der Waals surface area contributed by atoms with Gasteiger partial charge in [0.25, 0.3) is 0 Å². The lowest BCUT2D eigenvalue weighted by Crippen LogP contribution is -2.39. The Hall–Kier alpha value is -0.850. The lowest BCUT2D eigenvalue weighted by atomic mass is 9.71. The third-order valence-electron chi connectivity index (χ3n) is 4.19. The molecule has 1 heterocycles. The molecule has 1 aliphatic rings. The van der Waals surface area contributed by atoms with Gasteiger partial charge in [0.15, 0.2) is 0 Å². The van der Waals surface area contributed by atoms with E-state index in [4.69, 9.17) is 0 Å². The molecule has 1 aliphatic carbocycles. The first-order valence-electron chi connectivity index (χ1n) is 7.09. The van der Waals surface area contributed by atoms with E-state index in [1.54, 1.807) is 16.8 Å². The lowest BCUT2D eigenvalue weighted by molar-refractivity contribution is 0.166. The van der Waals surface area contributed by atoms with Crippen LogP contribution >= 0.6 is 0 Å². The van der Waals surface area contributed by atoms with E-state index in [1.807, 2.05) is 13.8 Å². The molecule has 2 rings (SSSR count). The number of hydrogen-bond acceptors (Lipinski definition) is 3. The highest BCUT2D eigenvalue weighted by molar-refractivity contribution is 7.89. The van der Waals surface area contributed by atoms with Crippen LogP contribution in [-0.4, -0.2) is 24.6 Å². The maximum absolute atomic E-state index is 12.3. The van der Waals surface area contributed by atoms with Gasteiger partial charge in [0, 0.05) is 24.5 Å². The Labute approximate surface area is 121 Å². The van der Waals surface area contributed by atoms with E-state index in [0.29, 0.717) is 12.2 Å². The Bertz CT molecular complexity index is 571. The van der Waals surface area contributed by atoms with Crippen LogP contribution in [0.3, 0.4) is 0 Å². The van der Waals surface area contributed by atoms with Gasteiger partial charge in [-0.1, -0.05) is 13.3 Å². The molecule has 0 radical (unpaired) electrons. The van der Waals surface area contributed by atoms with Gasteiger partial charge >= 0.3 is 0 Å². The van der Waals surface area contributed by atoms with Gasteiger partial charge in [-0.3, -0.25) is 0 Å². The Kier molecular flexibility index (Phi) is 4.27. The first kappa shape index (κ1) is 15.5. The van der Waals surface area contributed by atoms with Crippen LogP contribution in [0.4, 0.5) is 0 Å². The van der Waals surface area contributed by atoms with Crippen LogP contribution in [0.25, 0.3) is 0 Å². The average molecular weight is 300 g/mol. The minimum absolute atomic E-state index is 0.105. The highest BCUT2D eigenvalue weighted by Crippen LogP contribution is 2.39. The molecule has 0 aromatic carbocycles. The molecular formula is C14H24N2O3S. The van der Waals surface area contributed by atoms with Crippen molar-refractivity contribution in [3.8, 4) is 0 Å². The van der Waals surface area contributed by atoms with E-state index in [1.165, 1.54) is 6.42 Å². The highest BCUT2D eigenvalue weighted by Gasteiger charge is 2.33. The van der Waals surface area contributed by atoms with Crippen molar-refractivity contribution in [3.05, 3.63) is 18.0 Å².